The van der Waals surface area contributed by atoms with Crippen LogP contribution in [0.4, 0.5) is 13.2 Å². The Hall–Kier alpha value is -2.94. The third-order valence-corrected chi connectivity index (χ3v) is 2.74. The van der Waals surface area contributed by atoms with E-state index in [9.17, 15) is 18.0 Å². The van der Waals surface area contributed by atoms with Gasteiger partial charge in [-0.1, -0.05) is 17.9 Å². The van der Waals surface area contributed by atoms with E-state index in [0.29, 0.717) is 6.07 Å². The molecule has 1 N–H and O–H groups in total. The molecule has 23 heavy (non-hydrogen) atoms. The number of ether oxygens (including phenoxy) is 1. The summed E-state index contributed by atoms with van der Waals surface area (Å²) in [7, 11) is 0. The normalized spacial score (nSPS) is 9.70. The van der Waals surface area contributed by atoms with Crippen LogP contribution in [-0.2, 0) is 0 Å². The summed E-state index contributed by atoms with van der Waals surface area (Å²) in [6.45, 7) is -0.0804. The van der Waals surface area contributed by atoms with Crippen LogP contribution in [0.5, 0.6) is 5.75 Å². The van der Waals surface area contributed by atoms with Crippen molar-refractivity contribution >= 4 is 5.91 Å². The van der Waals surface area contributed by atoms with Crippen molar-refractivity contribution in [3.05, 3.63) is 65.5 Å². The van der Waals surface area contributed by atoms with Crippen LogP contribution in [0.2, 0.25) is 0 Å². The molecule has 1 amide bonds. The summed E-state index contributed by atoms with van der Waals surface area (Å²) in [4.78, 5) is 11.7. The molecule has 0 radical (unpaired) electrons. The Balaban J connectivity index is 1.77. The standard InChI is InChI=1S/C17H12F3NO2/c18-13-5-3-4-12(10-13)17(22)21-8-1-2-9-23-16-7-6-14(19)11-15(16)20/h3-7,10-11H,8-9H2,(H,21,22). The van der Waals surface area contributed by atoms with E-state index in [1.165, 1.54) is 18.2 Å². The zero-order valence-corrected chi connectivity index (χ0v) is 11.9. The maximum absolute atomic E-state index is 13.3. The van der Waals surface area contributed by atoms with E-state index >= 15 is 0 Å². The fraction of sp³-hybridized carbons (Fsp3) is 0.118. The van der Waals surface area contributed by atoms with Gasteiger partial charge in [-0.15, -0.1) is 0 Å². The van der Waals surface area contributed by atoms with E-state index < -0.39 is 23.4 Å². The minimum atomic E-state index is -0.814. The third-order valence-electron chi connectivity index (χ3n) is 2.74. The number of amides is 1. The van der Waals surface area contributed by atoms with Crippen LogP contribution < -0.4 is 10.1 Å². The first kappa shape index (κ1) is 16.4. The second kappa shape index (κ2) is 7.90. The molecule has 0 atom stereocenters. The van der Waals surface area contributed by atoms with Crippen LogP contribution in [0.25, 0.3) is 0 Å². The summed E-state index contributed by atoms with van der Waals surface area (Å²) in [6.07, 6.45) is 0. The Morgan fingerprint density at radius 3 is 2.57 bits per heavy atom. The van der Waals surface area contributed by atoms with Crippen LogP contribution in [0.3, 0.4) is 0 Å². The monoisotopic (exact) mass is 319 g/mol. The van der Waals surface area contributed by atoms with Gasteiger partial charge in [0.15, 0.2) is 11.6 Å². The van der Waals surface area contributed by atoms with Crippen LogP contribution >= 0.6 is 0 Å². The number of hydrogen-bond donors (Lipinski definition) is 1. The average Bonchev–Trinajstić information content (AvgIpc) is 2.52. The first-order chi connectivity index (χ1) is 11.1. The van der Waals surface area contributed by atoms with Gasteiger partial charge in [-0.3, -0.25) is 4.79 Å². The molecule has 3 nitrogen and oxygen atoms in total. The average molecular weight is 319 g/mol. The van der Waals surface area contributed by atoms with Gasteiger partial charge in [-0.05, 0) is 30.3 Å². The number of benzene rings is 2. The van der Waals surface area contributed by atoms with Crippen LogP contribution in [0.15, 0.2) is 42.5 Å². The minimum Gasteiger partial charge on any atom is -0.478 e. The van der Waals surface area contributed by atoms with Gasteiger partial charge in [-0.25, -0.2) is 13.2 Å². The summed E-state index contributed by atoms with van der Waals surface area (Å²) < 4.78 is 43.9. The van der Waals surface area contributed by atoms with Gasteiger partial charge in [0.05, 0.1) is 6.54 Å². The van der Waals surface area contributed by atoms with Gasteiger partial charge in [0.2, 0.25) is 0 Å². The van der Waals surface area contributed by atoms with Crippen molar-refractivity contribution in [2.75, 3.05) is 13.2 Å². The fourth-order valence-electron chi connectivity index (χ4n) is 1.68. The zero-order chi connectivity index (χ0) is 16.7. The Kier molecular flexibility index (Phi) is 5.64. The van der Waals surface area contributed by atoms with Crippen molar-refractivity contribution in [1.82, 2.24) is 5.32 Å². The molecular formula is C17H12F3NO2. The smallest absolute Gasteiger partial charge is 0.252 e. The summed E-state index contributed by atoms with van der Waals surface area (Å²) in [6, 6.07) is 8.21. The topological polar surface area (TPSA) is 38.3 Å². The van der Waals surface area contributed by atoms with Crippen molar-refractivity contribution in [2.24, 2.45) is 0 Å². The van der Waals surface area contributed by atoms with E-state index in [2.05, 4.69) is 17.2 Å². The number of hydrogen-bond acceptors (Lipinski definition) is 2. The molecule has 0 heterocycles. The van der Waals surface area contributed by atoms with E-state index in [0.717, 1.165) is 18.2 Å². The molecule has 2 rings (SSSR count). The highest BCUT2D eigenvalue weighted by Crippen LogP contribution is 2.17. The lowest BCUT2D eigenvalue weighted by atomic mass is 10.2. The SMILES string of the molecule is O=C(NCC#CCOc1ccc(F)cc1F)c1cccc(F)c1. The molecule has 0 fully saturated rings. The lowest BCUT2D eigenvalue weighted by Crippen LogP contribution is -2.23. The summed E-state index contributed by atoms with van der Waals surface area (Å²) in [5.41, 5.74) is 0.191. The van der Waals surface area contributed by atoms with Crippen molar-refractivity contribution in [1.29, 1.82) is 0 Å². The maximum atomic E-state index is 13.3. The second-order valence-electron chi connectivity index (χ2n) is 4.41. The van der Waals surface area contributed by atoms with Crippen LogP contribution in [0.1, 0.15) is 10.4 Å². The van der Waals surface area contributed by atoms with Gasteiger partial charge in [0.25, 0.3) is 5.91 Å². The summed E-state index contributed by atoms with van der Waals surface area (Å²) >= 11 is 0. The highest BCUT2D eigenvalue weighted by atomic mass is 19.1. The first-order valence-electron chi connectivity index (χ1n) is 6.63. The van der Waals surface area contributed by atoms with Crippen molar-refractivity contribution < 1.29 is 22.7 Å². The lowest BCUT2D eigenvalue weighted by Gasteiger charge is -2.03. The minimum absolute atomic E-state index is 0.0323. The molecular weight excluding hydrogens is 307 g/mol. The van der Waals surface area contributed by atoms with E-state index in [-0.39, 0.29) is 24.5 Å². The second-order valence-corrected chi connectivity index (χ2v) is 4.41. The molecule has 0 aliphatic rings. The molecule has 0 saturated heterocycles. The molecule has 6 heteroatoms. The predicted molar refractivity (Wildman–Crippen MR) is 78.4 cm³/mol. The fourth-order valence-corrected chi connectivity index (χ4v) is 1.68. The van der Waals surface area contributed by atoms with E-state index in [1.807, 2.05) is 0 Å². The van der Waals surface area contributed by atoms with Gasteiger partial charge < -0.3 is 10.1 Å². The molecule has 0 aliphatic heterocycles. The van der Waals surface area contributed by atoms with Crippen molar-refractivity contribution in [2.45, 2.75) is 0 Å². The zero-order valence-electron chi connectivity index (χ0n) is 11.9. The van der Waals surface area contributed by atoms with Crippen LogP contribution in [-0.4, -0.2) is 19.1 Å². The number of nitrogens with one attached hydrogen (secondary N) is 1. The molecule has 0 aromatic heterocycles. The Labute approximate surface area is 131 Å². The number of rotatable bonds is 4. The Morgan fingerprint density at radius 2 is 1.83 bits per heavy atom. The van der Waals surface area contributed by atoms with Crippen molar-refractivity contribution in [3.63, 3.8) is 0 Å². The maximum Gasteiger partial charge on any atom is 0.252 e. The van der Waals surface area contributed by atoms with Gasteiger partial charge >= 0.3 is 0 Å². The molecule has 0 aliphatic carbocycles. The molecule has 118 valence electrons. The van der Waals surface area contributed by atoms with E-state index in [4.69, 9.17) is 4.74 Å². The predicted octanol–water partition coefficient (Wildman–Crippen LogP) is 2.92. The Bertz CT molecular complexity index is 766. The molecule has 0 bridgehead atoms. The van der Waals surface area contributed by atoms with Crippen LogP contribution in [0, 0.1) is 29.3 Å². The highest BCUT2D eigenvalue weighted by Gasteiger charge is 2.05. The van der Waals surface area contributed by atoms with E-state index in [1.54, 1.807) is 0 Å². The molecule has 0 saturated carbocycles. The summed E-state index contributed by atoms with van der Waals surface area (Å²) in [5.74, 6) is 2.61. The quantitative estimate of drug-likeness (QED) is 0.880. The van der Waals surface area contributed by atoms with Gasteiger partial charge in [0.1, 0.15) is 18.2 Å². The highest BCUT2D eigenvalue weighted by molar-refractivity contribution is 5.94. The number of carbonyl (C=O) groups is 1. The lowest BCUT2D eigenvalue weighted by molar-refractivity contribution is 0.0958. The van der Waals surface area contributed by atoms with Gasteiger partial charge in [-0.2, -0.15) is 0 Å². The van der Waals surface area contributed by atoms with Gasteiger partial charge in [0, 0.05) is 11.6 Å². The summed E-state index contributed by atoms with van der Waals surface area (Å²) in [5, 5.41) is 2.49. The first-order valence-corrected chi connectivity index (χ1v) is 6.63. The number of halogens is 3. The number of carbonyl (C=O) groups excluding carboxylic acids is 1. The molecule has 0 unspecified atom stereocenters. The van der Waals surface area contributed by atoms with Crippen molar-refractivity contribution in [3.8, 4) is 17.6 Å². The third kappa shape index (κ3) is 5.08. The Morgan fingerprint density at radius 1 is 1.04 bits per heavy atom. The largest absolute Gasteiger partial charge is 0.478 e. The molecule has 0 spiro atoms. The molecule has 2 aromatic carbocycles. The molecule has 2 aromatic rings.